The molecule has 2 aromatic heterocycles. The van der Waals surface area contributed by atoms with E-state index in [9.17, 15) is 14.4 Å². The van der Waals surface area contributed by atoms with Crippen molar-refractivity contribution in [3.05, 3.63) is 24.0 Å². The van der Waals surface area contributed by atoms with Crippen molar-refractivity contribution < 1.29 is 14.4 Å². The summed E-state index contributed by atoms with van der Waals surface area (Å²) in [5.74, 6) is 1.04. The molecular weight excluding hydrogens is 380 g/mol. The molecule has 7 nitrogen and oxygen atoms in total. The van der Waals surface area contributed by atoms with Crippen LogP contribution in [0.4, 0.5) is 0 Å². The van der Waals surface area contributed by atoms with Crippen molar-refractivity contribution in [2.45, 2.75) is 71.5 Å². The third-order valence-corrected chi connectivity index (χ3v) is 7.35. The summed E-state index contributed by atoms with van der Waals surface area (Å²) in [7, 11) is 0. The average molecular weight is 409 g/mol. The second-order valence-electron chi connectivity index (χ2n) is 9.95. The molecule has 3 aliphatic rings. The van der Waals surface area contributed by atoms with Gasteiger partial charge in [-0.3, -0.25) is 14.4 Å². The van der Waals surface area contributed by atoms with E-state index in [1.54, 1.807) is 18.3 Å². The molecule has 5 rings (SSSR count). The molecule has 2 aliphatic carbocycles. The molecule has 0 aromatic carbocycles. The molecule has 0 bridgehead atoms. The highest BCUT2D eigenvalue weighted by Crippen LogP contribution is 2.54. The zero-order valence-electron chi connectivity index (χ0n) is 17.8. The molecule has 1 unspecified atom stereocenters. The minimum absolute atomic E-state index is 0.00342. The van der Waals surface area contributed by atoms with Crippen LogP contribution in [0.1, 0.15) is 63.4 Å². The molecular formula is C23H28N4O3. The van der Waals surface area contributed by atoms with Crippen LogP contribution in [0.3, 0.4) is 0 Å². The number of carbonyl (C=O) groups excluding carboxylic acids is 3. The lowest BCUT2D eigenvalue weighted by atomic mass is 9.99. The summed E-state index contributed by atoms with van der Waals surface area (Å²) < 4.78 is 1.51. The summed E-state index contributed by atoms with van der Waals surface area (Å²) in [5.41, 5.74) is 1.23. The van der Waals surface area contributed by atoms with Crippen molar-refractivity contribution >= 4 is 28.5 Å². The number of Topliss-reactive ketones (excluding diaryl/α,β-unsaturated/α-hetero) is 2. The van der Waals surface area contributed by atoms with Crippen molar-refractivity contribution in [2.24, 2.45) is 17.3 Å². The summed E-state index contributed by atoms with van der Waals surface area (Å²) in [4.78, 5) is 44.3. The molecule has 0 N–H and O–H groups in total. The lowest BCUT2D eigenvalue weighted by Crippen LogP contribution is -2.44. The number of piperidine rings is 1. The van der Waals surface area contributed by atoms with Crippen LogP contribution in [-0.4, -0.2) is 49.2 Å². The maximum Gasteiger partial charge on any atom is 0.245 e. The van der Waals surface area contributed by atoms with Gasteiger partial charge in [0.15, 0.2) is 17.2 Å². The van der Waals surface area contributed by atoms with Gasteiger partial charge < -0.3 is 4.90 Å². The number of aromatic nitrogens is 3. The molecule has 158 valence electrons. The van der Waals surface area contributed by atoms with Crippen molar-refractivity contribution in [2.75, 3.05) is 0 Å². The van der Waals surface area contributed by atoms with Crippen molar-refractivity contribution in [1.82, 2.24) is 19.7 Å². The first-order chi connectivity index (χ1) is 14.3. The number of hydrogen-bond donors (Lipinski definition) is 0. The first kappa shape index (κ1) is 19.4. The van der Waals surface area contributed by atoms with Crippen LogP contribution in [0.5, 0.6) is 0 Å². The second kappa shape index (κ2) is 6.72. The van der Waals surface area contributed by atoms with Gasteiger partial charge >= 0.3 is 0 Å². The molecule has 1 amide bonds. The molecule has 3 heterocycles. The summed E-state index contributed by atoms with van der Waals surface area (Å²) in [6.07, 6.45) is 6.09. The fourth-order valence-electron chi connectivity index (χ4n) is 5.24. The van der Waals surface area contributed by atoms with Gasteiger partial charge in [0, 0.05) is 25.6 Å². The summed E-state index contributed by atoms with van der Waals surface area (Å²) in [6, 6.07) is 3.44. The average Bonchev–Trinajstić information content (AvgIpc) is 3.49. The van der Waals surface area contributed by atoms with Gasteiger partial charge in [0.25, 0.3) is 0 Å². The molecule has 7 heteroatoms. The van der Waals surface area contributed by atoms with E-state index in [4.69, 9.17) is 0 Å². The number of rotatable bonds is 7. The molecule has 2 aromatic rings. The highest BCUT2D eigenvalue weighted by Gasteiger charge is 2.56. The van der Waals surface area contributed by atoms with Gasteiger partial charge in [0.05, 0.1) is 11.4 Å². The minimum atomic E-state index is -0.301. The van der Waals surface area contributed by atoms with Gasteiger partial charge in [-0.1, -0.05) is 13.8 Å². The smallest absolute Gasteiger partial charge is 0.245 e. The molecule has 30 heavy (non-hydrogen) atoms. The Morgan fingerprint density at radius 2 is 2.00 bits per heavy atom. The van der Waals surface area contributed by atoms with Crippen molar-refractivity contribution in [1.29, 1.82) is 0 Å². The Morgan fingerprint density at radius 1 is 1.23 bits per heavy atom. The van der Waals surface area contributed by atoms with Gasteiger partial charge in [0.2, 0.25) is 5.91 Å². The standard InChI is InChI=1S/C23H28N4O3/c1-13(28)21-16-5-4-8-24-22(16)26(25-21)12-20(30)27-17-9-14(17)10-18(27)19(29)7-6-15-11-23(15,2)3/h4-5,8,14-15,17-18H,6-7,9-12H2,1-3H3/t14-,15?,17-,18+/m1/s1. The summed E-state index contributed by atoms with van der Waals surface area (Å²) in [6.45, 7) is 5.97. The number of fused-ring (bicyclic) bond motifs is 2. The Kier molecular flexibility index (Phi) is 4.35. The predicted octanol–water partition coefficient (Wildman–Crippen LogP) is 3.02. The Labute approximate surface area is 175 Å². The fourth-order valence-corrected chi connectivity index (χ4v) is 5.24. The van der Waals surface area contributed by atoms with Crippen LogP contribution in [-0.2, 0) is 16.1 Å². The van der Waals surface area contributed by atoms with Crippen LogP contribution in [0, 0.1) is 17.3 Å². The van der Waals surface area contributed by atoms with Crippen LogP contribution >= 0.6 is 0 Å². The third kappa shape index (κ3) is 3.24. The van der Waals surface area contributed by atoms with E-state index in [-0.39, 0.29) is 36.1 Å². The summed E-state index contributed by atoms with van der Waals surface area (Å²) >= 11 is 0. The number of ketones is 2. The Morgan fingerprint density at radius 3 is 2.70 bits per heavy atom. The van der Waals surface area contributed by atoms with E-state index in [2.05, 4.69) is 23.9 Å². The van der Waals surface area contributed by atoms with E-state index in [0.717, 1.165) is 19.3 Å². The van der Waals surface area contributed by atoms with E-state index in [1.807, 2.05) is 4.90 Å². The quantitative estimate of drug-likeness (QED) is 0.658. The van der Waals surface area contributed by atoms with Crippen LogP contribution < -0.4 is 0 Å². The maximum atomic E-state index is 13.2. The highest BCUT2D eigenvalue weighted by atomic mass is 16.2. The van der Waals surface area contributed by atoms with E-state index in [0.29, 0.717) is 40.4 Å². The highest BCUT2D eigenvalue weighted by molar-refractivity contribution is 6.04. The monoisotopic (exact) mass is 408 g/mol. The lowest BCUT2D eigenvalue weighted by Gasteiger charge is -2.27. The molecule has 3 fully saturated rings. The van der Waals surface area contributed by atoms with Crippen LogP contribution in [0.15, 0.2) is 18.3 Å². The van der Waals surface area contributed by atoms with E-state index >= 15 is 0 Å². The van der Waals surface area contributed by atoms with Gasteiger partial charge in [-0.25, -0.2) is 9.67 Å². The molecule has 1 saturated heterocycles. The first-order valence-electron chi connectivity index (χ1n) is 10.9. The van der Waals surface area contributed by atoms with Crippen molar-refractivity contribution in [3.8, 4) is 0 Å². The second-order valence-corrected chi connectivity index (χ2v) is 9.95. The maximum absolute atomic E-state index is 13.2. The fraction of sp³-hybridized carbons (Fsp3) is 0.609. The number of nitrogens with zero attached hydrogens (tertiary/aromatic N) is 4. The normalized spacial score (nSPS) is 28.4. The number of carbonyl (C=O) groups is 3. The Bertz CT molecular complexity index is 1060. The lowest BCUT2D eigenvalue weighted by molar-refractivity contribution is -0.139. The summed E-state index contributed by atoms with van der Waals surface area (Å²) in [5, 5.41) is 5.02. The first-order valence-corrected chi connectivity index (χ1v) is 10.9. The SMILES string of the molecule is CC(=O)c1nn(CC(=O)N2[C@@H]3C[C@@H]3C[C@H]2C(=O)CCC2CC2(C)C)c2ncccc12. The van der Waals surface area contributed by atoms with Gasteiger partial charge in [-0.15, -0.1) is 0 Å². The molecule has 1 aliphatic heterocycles. The number of amides is 1. The Balaban J connectivity index is 1.32. The van der Waals surface area contributed by atoms with Crippen LogP contribution in [0.2, 0.25) is 0 Å². The number of hydrogen-bond acceptors (Lipinski definition) is 5. The number of likely N-dealkylation sites (tertiary alicyclic amines) is 1. The predicted molar refractivity (Wildman–Crippen MR) is 111 cm³/mol. The van der Waals surface area contributed by atoms with Crippen LogP contribution in [0.25, 0.3) is 11.0 Å². The largest absolute Gasteiger partial charge is 0.328 e. The topological polar surface area (TPSA) is 85.2 Å². The van der Waals surface area contributed by atoms with Gasteiger partial charge in [-0.2, -0.15) is 5.10 Å². The molecule has 4 atom stereocenters. The zero-order chi connectivity index (χ0) is 21.2. The van der Waals surface area contributed by atoms with Gasteiger partial charge in [0.1, 0.15) is 12.2 Å². The van der Waals surface area contributed by atoms with E-state index in [1.165, 1.54) is 18.0 Å². The zero-order valence-corrected chi connectivity index (χ0v) is 17.8. The van der Waals surface area contributed by atoms with Crippen molar-refractivity contribution in [3.63, 3.8) is 0 Å². The van der Waals surface area contributed by atoms with E-state index < -0.39 is 0 Å². The molecule has 2 saturated carbocycles. The minimum Gasteiger partial charge on any atom is -0.328 e. The molecule has 0 radical (unpaired) electrons. The number of pyridine rings is 1. The third-order valence-electron chi connectivity index (χ3n) is 7.35. The Hall–Kier alpha value is -2.57. The van der Waals surface area contributed by atoms with Gasteiger partial charge in [-0.05, 0) is 55.1 Å². The molecule has 0 spiro atoms.